The highest BCUT2D eigenvalue weighted by molar-refractivity contribution is 5.58. The molecule has 20 heavy (non-hydrogen) atoms. The van der Waals surface area contributed by atoms with E-state index in [1.54, 1.807) is 29.2 Å². The van der Waals surface area contributed by atoms with E-state index in [4.69, 9.17) is 12.8 Å². The number of anilines is 1. The van der Waals surface area contributed by atoms with E-state index in [-0.39, 0.29) is 5.75 Å². The molecule has 0 amide bonds. The zero-order chi connectivity index (χ0) is 14.6. The molecule has 0 aliphatic rings. The van der Waals surface area contributed by atoms with E-state index in [2.05, 4.69) is 35.8 Å². The molecule has 0 bridgehead atoms. The normalized spacial score (nSPS) is 8.10. The molecule has 1 aromatic rings. The highest BCUT2D eigenvalue weighted by atomic mass is 16.3. The lowest BCUT2D eigenvalue weighted by Gasteiger charge is -2.09. The van der Waals surface area contributed by atoms with Crippen molar-refractivity contribution in [2.45, 2.75) is 25.7 Å². The van der Waals surface area contributed by atoms with Crippen molar-refractivity contribution in [3.05, 3.63) is 24.3 Å². The van der Waals surface area contributed by atoms with Crippen molar-refractivity contribution < 1.29 is 5.11 Å². The van der Waals surface area contributed by atoms with Crippen LogP contribution in [0.4, 0.5) is 5.69 Å². The van der Waals surface area contributed by atoms with E-state index in [0.29, 0.717) is 25.7 Å². The van der Waals surface area contributed by atoms with Crippen molar-refractivity contribution in [3.8, 4) is 54.4 Å². The Bertz CT molecular complexity index is 585. The van der Waals surface area contributed by atoms with Gasteiger partial charge in [0.1, 0.15) is 5.75 Å². The summed E-state index contributed by atoms with van der Waals surface area (Å²) >= 11 is 0. The van der Waals surface area contributed by atoms with Crippen molar-refractivity contribution in [2.24, 2.45) is 0 Å². The van der Waals surface area contributed by atoms with Crippen LogP contribution < -0.4 is 4.90 Å². The average Bonchev–Trinajstić information content (AvgIpc) is 2.47. The molecular formula is C18H15NO. The first-order chi connectivity index (χ1) is 9.77. The third-order valence-corrected chi connectivity index (χ3v) is 2.28. The van der Waals surface area contributed by atoms with Crippen LogP contribution in [-0.2, 0) is 0 Å². The van der Waals surface area contributed by atoms with Crippen LogP contribution in [0, 0.1) is 48.6 Å². The SMILES string of the molecule is C#CCCC#CN(C#CCCC#C)c1ccc(O)cc1. The monoisotopic (exact) mass is 261 g/mol. The third kappa shape index (κ3) is 5.60. The van der Waals surface area contributed by atoms with Crippen LogP contribution >= 0.6 is 0 Å². The van der Waals surface area contributed by atoms with E-state index >= 15 is 0 Å². The molecule has 0 atom stereocenters. The number of aromatic hydroxyl groups is 1. The summed E-state index contributed by atoms with van der Waals surface area (Å²) in [4.78, 5) is 1.62. The quantitative estimate of drug-likeness (QED) is 0.514. The van der Waals surface area contributed by atoms with Gasteiger partial charge in [-0.1, -0.05) is 11.8 Å². The maximum absolute atomic E-state index is 9.30. The Balaban J connectivity index is 2.85. The molecule has 0 heterocycles. The number of terminal acetylenes is 2. The minimum absolute atomic E-state index is 0.203. The van der Waals surface area contributed by atoms with Crippen LogP contribution in [-0.4, -0.2) is 5.11 Å². The maximum atomic E-state index is 9.30. The fourth-order valence-electron chi connectivity index (χ4n) is 1.30. The first-order valence-corrected chi connectivity index (χ1v) is 6.21. The third-order valence-electron chi connectivity index (χ3n) is 2.28. The summed E-state index contributed by atoms with van der Waals surface area (Å²) < 4.78 is 0. The summed E-state index contributed by atoms with van der Waals surface area (Å²) in [6.45, 7) is 0. The molecule has 0 saturated heterocycles. The molecular weight excluding hydrogens is 246 g/mol. The maximum Gasteiger partial charge on any atom is 0.115 e. The standard InChI is InChI=1S/C18H15NO/c1-3-5-7-9-15-19(16-10-8-6-4-2)17-11-13-18(20)14-12-17/h1-2,11-14,20H,5-8H2. The van der Waals surface area contributed by atoms with Crippen LogP contribution in [0.5, 0.6) is 5.75 Å². The van der Waals surface area contributed by atoms with Crippen molar-refractivity contribution in [1.82, 2.24) is 0 Å². The molecule has 1 rings (SSSR count). The van der Waals surface area contributed by atoms with Crippen LogP contribution in [0.1, 0.15) is 25.7 Å². The van der Waals surface area contributed by atoms with Crippen molar-refractivity contribution in [2.75, 3.05) is 4.90 Å². The fourth-order valence-corrected chi connectivity index (χ4v) is 1.30. The topological polar surface area (TPSA) is 23.5 Å². The first-order valence-electron chi connectivity index (χ1n) is 6.21. The average molecular weight is 261 g/mol. The predicted molar refractivity (Wildman–Crippen MR) is 82.3 cm³/mol. The van der Waals surface area contributed by atoms with Gasteiger partial charge in [-0.3, -0.25) is 0 Å². The number of benzene rings is 1. The van der Waals surface area contributed by atoms with Gasteiger partial charge in [-0.05, 0) is 24.3 Å². The van der Waals surface area contributed by atoms with E-state index in [0.717, 1.165) is 5.69 Å². The lowest BCUT2D eigenvalue weighted by atomic mass is 10.3. The van der Waals surface area contributed by atoms with Crippen molar-refractivity contribution >= 4 is 5.69 Å². The highest BCUT2D eigenvalue weighted by Gasteiger charge is 1.99. The number of hydrogen-bond donors (Lipinski definition) is 1. The van der Waals surface area contributed by atoms with Gasteiger partial charge in [0.2, 0.25) is 0 Å². The van der Waals surface area contributed by atoms with Gasteiger partial charge in [0, 0.05) is 37.8 Å². The minimum atomic E-state index is 0.203. The van der Waals surface area contributed by atoms with Gasteiger partial charge in [0.05, 0.1) is 5.69 Å². The molecule has 0 unspecified atom stereocenters. The molecule has 0 radical (unpaired) electrons. The van der Waals surface area contributed by atoms with Crippen molar-refractivity contribution in [1.29, 1.82) is 0 Å². The Morgan fingerprint density at radius 2 is 1.35 bits per heavy atom. The summed E-state index contributed by atoms with van der Waals surface area (Å²) in [5.41, 5.74) is 0.796. The smallest absolute Gasteiger partial charge is 0.115 e. The van der Waals surface area contributed by atoms with Gasteiger partial charge >= 0.3 is 0 Å². The molecule has 2 nitrogen and oxygen atoms in total. The summed E-state index contributed by atoms with van der Waals surface area (Å²) in [6.07, 6.45) is 12.8. The van der Waals surface area contributed by atoms with Gasteiger partial charge in [0.15, 0.2) is 0 Å². The van der Waals surface area contributed by atoms with Gasteiger partial charge in [-0.15, -0.1) is 24.7 Å². The fraction of sp³-hybridized carbons (Fsp3) is 0.222. The number of phenolic OH excluding ortho intramolecular Hbond substituents is 1. The van der Waals surface area contributed by atoms with Crippen molar-refractivity contribution in [3.63, 3.8) is 0 Å². The lowest BCUT2D eigenvalue weighted by molar-refractivity contribution is 0.475. The zero-order valence-corrected chi connectivity index (χ0v) is 11.2. The molecule has 0 aliphatic heterocycles. The van der Waals surface area contributed by atoms with E-state index in [1.165, 1.54) is 0 Å². The highest BCUT2D eigenvalue weighted by Crippen LogP contribution is 2.17. The summed E-state index contributed by atoms with van der Waals surface area (Å²) in [5.74, 6) is 11.2. The number of nitrogens with zero attached hydrogens (tertiary/aromatic N) is 1. The summed E-state index contributed by atoms with van der Waals surface area (Å²) in [6, 6.07) is 12.6. The predicted octanol–water partition coefficient (Wildman–Crippen LogP) is 2.95. The molecule has 0 saturated carbocycles. The minimum Gasteiger partial charge on any atom is -0.508 e. The van der Waals surface area contributed by atoms with E-state index in [9.17, 15) is 5.11 Å². The van der Waals surface area contributed by atoms with Crippen LogP contribution in [0.2, 0.25) is 0 Å². The van der Waals surface area contributed by atoms with Gasteiger partial charge in [-0.25, -0.2) is 4.90 Å². The lowest BCUT2D eigenvalue weighted by Crippen LogP contribution is -2.08. The Labute approximate surface area is 120 Å². The number of phenols is 1. The van der Waals surface area contributed by atoms with Crippen LogP contribution in [0.25, 0.3) is 0 Å². The number of rotatable bonds is 3. The zero-order valence-electron chi connectivity index (χ0n) is 11.2. The Hall–Kier alpha value is -2.94. The second-order valence-electron chi connectivity index (χ2n) is 3.84. The van der Waals surface area contributed by atoms with Crippen LogP contribution in [0.3, 0.4) is 0 Å². The molecule has 2 heteroatoms. The second-order valence-corrected chi connectivity index (χ2v) is 3.84. The summed E-state index contributed by atoms with van der Waals surface area (Å²) in [7, 11) is 0. The number of hydrogen-bond acceptors (Lipinski definition) is 2. The van der Waals surface area contributed by atoms with Gasteiger partial charge in [0.25, 0.3) is 0 Å². The van der Waals surface area contributed by atoms with Gasteiger partial charge < -0.3 is 5.11 Å². The Kier molecular flexibility index (Phi) is 6.84. The Morgan fingerprint density at radius 1 is 0.850 bits per heavy atom. The number of unbranched alkanes of at least 4 members (excludes halogenated alkanes) is 2. The second kappa shape index (κ2) is 9.05. The van der Waals surface area contributed by atoms with Gasteiger partial charge in [-0.2, -0.15) is 0 Å². The molecule has 0 aromatic heterocycles. The first kappa shape index (κ1) is 15.1. The molecule has 1 aromatic carbocycles. The largest absolute Gasteiger partial charge is 0.508 e. The molecule has 0 fully saturated rings. The van der Waals surface area contributed by atoms with E-state index in [1.807, 2.05) is 0 Å². The molecule has 0 aliphatic carbocycles. The molecule has 1 N–H and O–H groups in total. The van der Waals surface area contributed by atoms with E-state index < -0.39 is 0 Å². The van der Waals surface area contributed by atoms with Crippen LogP contribution in [0.15, 0.2) is 24.3 Å². The molecule has 98 valence electrons. The Morgan fingerprint density at radius 3 is 1.80 bits per heavy atom. The molecule has 0 spiro atoms. The summed E-state index contributed by atoms with van der Waals surface area (Å²) in [5, 5.41) is 9.30.